The normalized spacial score (nSPS) is 11.6. The van der Waals surface area contributed by atoms with E-state index in [9.17, 15) is 0 Å². The van der Waals surface area contributed by atoms with Gasteiger partial charge in [0, 0.05) is 27.5 Å². The minimum Gasteiger partial charge on any atom is -0.456 e. The van der Waals surface area contributed by atoms with Crippen LogP contribution in [0.15, 0.2) is 199 Å². The van der Waals surface area contributed by atoms with Gasteiger partial charge in [0.05, 0.1) is 11.4 Å². The zero-order valence-electron chi connectivity index (χ0n) is 29.8. The maximum Gasteiger partial charge on any atom is 0.160 e. The Hall–Kier alpha value is -7.36. The molecular formula is C52H32N2O. The first kappa shape index (κ1) is 31.2. The molecule has 0 aliphatic carbocycles. The SMILES string of the molecule is c1ccc(-c2cc(-c3cccc(-c4cccc5oc6ccccc6c45)c3)nc(-c3ccc(-c4c5ccccc5cc5c4ccc4ccccc45)cc3)n2)cc1. The maximum absolute atomic E-state index is 6.23. The van der Waals surface area contributed by atoms with E-state index in [0.717, 1.165) is 66.7 Å². The highest BCUT2D eigenvalue weighted by atomic mass is 16.3. The Bertz CT molecular complexity index is 3250. The average molecular weight is 701 g/mol. The molecule has 0 amide bonds. The second-order valence-corrected chi connectivity index (χ2v) is 14.1. The molecule has 0 saturated carbocycles. The highest BCUT2D eigenvalue weighted by Crippen LogP contribution is 2.41. The highest BCUT2D eigenvalue weighted by molar-refractivity contribution is 6.20. The van der Waals surface area contributed by atoms with E-state index in [4.69, 9.17) is 14.4 Å². The van der Waals surface area contributed by atoms with Crippen LogP contribution >= 0.6 is 0 Å². The van der Waals surface area contributed by atoms with Crippen molar-refractivity contribution < 1.29 is 4.42 Å². The highest BCUT2D eigenvalue weighted by Gasteiger charge is 2.16. The Kier molecular flexibility index (Phi) is 7.17. The predicted molar refractivity (Wildman–Crippen MR) is 229 cm³/mol. The summed E-state index contributed by atoms with van der Waals surface area (Å²) in [7, 11) is 0. The first-order valence-corrected chi connectivity index (χ1v) is 18.6. The summed E-state index contributed by atoms with van der Waals surface area (Å²) in [5.74, 6) is 0.685. The summed E-state index contributed by atoms with van der Waals surface area (Å²) in [4.78, 5) is 10.4. The lowest BCUT2D eigenvalue weighted by Gasteiger charge is -2.15. The summed E-state index contributed by atoms with van der Waals surface area (Å²) < 4.78 is 6.23. The molecule has 0 aliphatic rings. The second kappa shape index (κ2) is 12.6. The number of aromatic nitrogens is 2. The van der Waals surface area contributed by atoms with Crippen molar-refractivity contribution in [1.29, 1.82) is 0 Å². The summed E-state index contributed by atoms with van der Waals surface area (Å²) in [5, 5.41) is 9.72. The van der Waals surface area contributed by atoms with E-state index in [-0.39, 0.29) is 0 Å². The summed E-state index contributed by atoms with van der Waals surface area (Å²) in [6.45, 7) is 0. The summed E-state index contributed by atoms with van der Waals surface area (Å²) in [5.41, 5.74) is 11.2. The van der Waals surface area contributed by atoms with E-state index in [1.54, 1.807) is 0 Å². The molecule has 11 aromatic rings. The van der Waals surface area contributed by atoms with Gasteiger partial charge in [0.15, 0.2) is 5.82 Å². The van der Waals surface area contributed by atoms with E-state index in [1.807, 2.05) is 24.3 Å². The number of para-hydroxylation sites is 1. The van der Waals surface area contributed by atoms with Gasteiger partial charge in [-0.25, -0.2) is 9.97 Å². The van der Waals surface area contributed by atoms with Gasteiger partial charge >= 0.3 is 0 Å². The molecule has 0 unspecified atom stereocenters. The topological polar surface area (TPSA) is 38.9 Å². The Labute approximate surface area is 317 Å². The standard InChI is InChI=1S/C52H32N2O/c1-2-13-34(14-3-1)46-32-47(39-17-10-16-37(30-39)42-21-11-23-49-51(42)44-20-8-9-22-48(44)55-49)54-52(53-46)36-26-24-35(25-27-36)50-41-19-7-5-15-38(41)31-45-40-18-6-4-12-33(40)28-29-43(45)50/h1-32H. The average Bonchev–Trinajstić information content (AvgIpc) is 3.65. The molecular weight excluding hydrogens is 669 g/mol. The van der Waals surface area contributed by atoms with Gasteiger partial charge in [-0.3, -0.25) is 0 Å². The van der Waals surface area contributed by atoms with E-state index in [1.165, 1.54) is 37.9 Å². The molecule has 0 N–H and O–H groups in total. The zero-order chi connectivity index (χ0) is 36.3. The number of nitrogens with zero attached hydrogens (tertiary/aromatic N) is 2. The number of furan rings is 1. The second-order valence-electron chi connectivity index (χ2n) is 14.1. The Balaban J connectivity index is 1.05. The molecule has 0 aliphatic heterocycles. The van der Waals surface area contributed by atoms with Crippen LogP contribution in [0.5, 0.6) is 0 Å². The number of hydrogen-bond acceptors (Lipinski definition) is 3. The summed E-state index contributed by atoms with van der Waals surface area (Å²) >= 11 is 0. The third-order valence-corrected chi connectivity index (χ3v) is 10.9. The van der Waals surface area contributed by atoms with Crippen LogP contribution in [0.4, 0.5) is 0 Å². The fraction of sp³-hybridized carbons (Fsp3) is 0. The molecule has 3 heteroatoms. The monoisotopic (exact) mass is 700 g/mol. The lowest BCUT2D eigenvalue weighted by Crippen LogP contribution is -1.96. The fourth-order valence-electron chi connectivity index (χ4n) is 8.26. The van der Waals surface area contributed by atoms with Crippen LogP contribution in [0.25, 0.3) is 110 Å². The number of hydrogen-bond donors (Lipinski definition) is 0. The summed E-state index contributed by atoms with van der Waals surface area (Å²) in [6.07, 6.45) is 0. The maximum atomic E-state index is 6.23. The fourth-order valence-corrected chi connectivity index (χ4v) is 8.26. The number of benzene rings is 9. The van der Waals surface area contributed by atoms with Crippen LogP contribution in [-0.4, -0.2) is 9.97 Å². The van der Waals surface area contributed by atoms with Crippen LogP contribution in [0, 0.1) is 0 Å². The van der Waals surface area contributed by atoms with Gasteiger partial charge in [-0.1, -0.05) is 164 Å². The molecule has 0 bridgehead atoms. The van der Waals surface area contributed by atoms with Crippen molar-refractivity contribution >= 4 is 54.3 Å². The van der Waals surface area contributed by atoms with E-state index in [2.05, 4.69) is 170 Å². The number of rotatable bonds is 5. The minimum atomic E-state index is 0.685. The molecule has 3 nitrogen and oxygen atoms in total. The Morgan fingerprint density at radius 3 is 1.82 bits per heavy atom. The molecule has 11 rings (SSSR count). The molecule has 9 aromatic carbocycles. The molecule has 256 valence electrons. The van der Waals surface area contributed by atoms with Gasteiger partial charge in [-0.15, -0.1) is 0 Å². The van der Waals surface area contributed by atoms with Crippen LogP contribution in [0.2, 0.25) is 0 Å². The van der Waals surface area contributed by atoms with Crippen molar-refractivity contribution in [2.75, 3.05) is 0 Å². The Morgan fingerprint density at radius 1 is 0.327 bits per heavy atom. The molecule has 0 spiro atoms. The van der Waals surface area contributed by atoms with Gasteiger partial charge in [0.2, 0.25) is 0 Å². The van der Waals surface area contributed by atoms with Crippen LogP contribution in [0.1, 0.15) is 0 Å². The molecule has 2 aromatic heterocycles. The molecule has 0 atom stereocenters. The van der Waals surface area contributed by atoms with Gasteiger partial charge in [-0.05, 0) is 84.9 Å². The lowest BCUT2D eigenvalue weighted by atomic mass is 9.89. The van der Waals surface area contributed by atoms with Gasteiger partial charge < -0.3 is 4.42 Å². The van der Waals surface area contributed by atoms with Gasteiger partial charge in [-0.2, -0.15) is 0 Å². The quantitative estimate of drug-likeness (QED) is 0.133. The summed E-state index contributed by atoms with van der Waals surface area (Å²) in [6, 6.07) is 68.6. The van der Waals surface area contributed by atoms with Crippen LogP contribution in [0.3, 0.4) is 0 Å². The van der Waals surface area contributed by atoms with Crippen molar-refractivity contribution in [3.05, 3.63) is 194 Å². The van der Waals surface area contributed by atoms with Crippen LogP contribution < -0.4 is 0 Å². The molecule has 0 saturated heterocycles. The number of fused-ring (bicyclic) bond motifs is 7. The van der Waals surface area contributed by atoms with Crippen molar-refractivity contribution in [3.8, 4) is 56.2 Å². The van der Waals surface area contributed by atoms with Gasteiger partial charge in [0.25, 0.3) is 0 Å². The Morgan fingerprint density at radius 2 is 0.964 bits per heavy atom. The third-order valence-electron chi connectivity index (χ3n) is 10.9. The van der Waals surface area contributed by atoms with Crippen molar-refractivity contribution in [1.82, 2.24) is 9.97 Å². The zero-order valence-corrected chi connectivity index (χ0v) is 29.8. The minimum absolute atomic E-state index is 0.685. The van der Waals surface area contributed by atoms with Crippen molar-refractivity contribution in [2.24, 2.45) is 0 Å². The van der Waals surface area contributed by atoms with E-state index in [0.29, 0.717) is 5.82 Å². The lowest BCUT2D eigenvalue weighted by molar-refractivity contribution is 0.669. The van der Waals surface area contributed by atoms with Crippen molar-refractivity contribution in [3.63, 3.8) is 0 Å². The molecule has 0 radical (unpaired) electrons. The van der Waals surface area contributed by atoms with E-state index < -0.39 is 0 Å². The predicted octanol–water partition coefficient (Wildman–Crippen LogP) is 14.2. The first-order chi connectivity index (χ1) is 27.2. The largest absolute Gasteiger partial charge is 0.456 e. The smallest absolute Gasteiger partial charge is 0.160 e. The van der Waals surface area contributed by atoms with Gasteiger partial charge in [0.1, 0.15) is 11.2 Å². The third kappa shape index (κ3) is 5.28. The van der Waals surface area contributed by atoms with Crippen molar-refractivity contribution in [2.45, 2.75) is 0 Å². The molecule has 55 heavy (non-hydrogen) atoms. The first-order valence-electron chi connectivity index (χ1n) is 18.6. The molecule has 0 fully saturated rings. The van der Waals surface area contributed by atoms with E-state index >= 15 is 0 Å². The molecule has 2 heterocycles. The van der Waals surface area contributed by atoms with Crippen LogP contribution in [-0.2, 0) is 0 Å².